The van der Waals surface area contributed by atoms with Crippen molar-refractivity contribution in [3.63, 3.8) is 0 Å². The number of amides is 3. The highest BCUT2D eigenvalue weighted by Gasteiger charge is 2.49. The summed E-state index contributed by atoms with van der Waals surface area (Å²) in [6, 6.07) is 15.0. The van der Waals surface area contributed by atoms with Gasteiger partial charge in [0.05, 0.1) is 31.4 Å². The van der Waals surface area contributed by atoms with Crippen LogP contribution in [0.3, 0.4) is 0 Å². The standard InChI is InChI=1S/C28H34N4O4/c1-18(2)14-15-29-27(35)28(4)17-31-22-12-8-7-11-21(22)24(30-19(3)33)25(31)26(34)32(28)16-20-10-6-9-13-23(20)36-5/h6-13,18H,14-17H2,1-5H3,(H,29,35)(H,30,33). The van der Waals surface area contributed by atoms with Gasteiger partial charge in [0, 0.05) is 24.4 Å². The van der Waals surface area contributed by atoms with Crippen molar-refractivity contribution in [1.82, 2.24) is 14.8 Å². The second-order valence-electron chi connectivity index (χ2n) is 9.92. The molecule has 1 aromatic heterocycles. The highest BCUT2D eigenvalue weighted by molar-refractivity contribution is 6.14. The number of carbonyl (C=O) groups is 3. The zero-order chi connectivity index (χ0) is 26.0. The minimum atomic E-state index is -1.17. The Hall–Kier alpha value is -3.81. The van der Waals surface area contributed by atoms with Crippen LogP contribution >= 0.6 is 0 Å². The number of fused-ring (bicyclic) bond motifs is 3. The Morgan fingerprint density at radius 1 is 1.11 bits per heavy atom. The van der Waals surface area contributed by atoms with Crippen molar-refractivity contribution < 1.29 is 19.1 Å². The lowest BCUT2D eigenvalue weighted by Gasteiger charge is -2.44. The third-order valence-corrected chi connectivity index (χ3v) is 6.80. The number of nitrogens with zero attached hydrogens (tertiary/aromatic N) is 2. The molecule has 1 aliphatic rings. The highest BCUT2D eigenvalue weighted by Crippen LogP contribution is 2.39. The molecule has 0 saturated heterocycles. The first kappa shape index (κ1) is 25.3. The molecule has 0 aliphatic carbocycles. The summed E-state index contributed by atoms with van der Waals surface area (Å²) >= 11 is 0. The van der Waals surface area contributed by atoms with E-state index in [-0.39, 0.29) is 30.8 Å². The van der Waals surface area contributed by atoms with Gasteiger partial charge in [-0.15, -0.1) is 0 Å². The largest absolute Gasteiger partial charge is 0.496 e. The second kappa shape index (κ2) is 10.0. The van der Waals surface area contributed by atoms with Crippen molar-refractivity contribution in [3.8, 4) is 5.75 Å². The van der Waals surface area contributed by atoms with Gasteiger partial charge < -0.3 is 24.8 Å². The van der Waals surface area contributed by atoms with E-state index < -0.39 is 5.54 Å². The minimum absolute atomic E-state index is 0.179. The van der Waals surface area contributed by atoms with Gasteiger partial charge >= 0.3 is 0 Å². The Labute approximate surface area is 211 Å². The van der Waals surface area contributed by atoms with Gasteiger partial charge in [-0.2, -0.15) is 0 Å². The SMILES string of the molecule is COc1ccccc1CN1C(=O)c2c(NC(C)=O)c3ccccc3n2CC1(C)C(=O)NCCC(C)C. The molecule has 0 saturated carbocycles. The van der Waals surface area contributed by atoms with Crippen LogP contribution in [0.5, 0.6) is 5.75 Å². The summed E-state index contributed by atoms with van der Waals surface area (Å²) in [5.74, 6) is 0.277. The molecule has 4 rings (SSSR count). The van der Waals surface area contributed by atoms with Crippen LogP contribution in [-0.2, 0) is 22.7 Å². The molecule has 3 amide bonds. The van der Waals surface area contributed by atoms with Gasteiger partial charge in [-0.1, -0.05) is 50.2 Å². The lowest BCUT2D eigenvalue weighted by Crippen LogP contribution is -2.63. The van der Waals surface area contributed by atoms with E-state index in [1.807, 2.05) is 53.1 Å². The van der Waals surface area contributed by atoms with Gasteiger partial charge in [0.25, 0.3) is 5.91 Å². The Morgan fingerprint density at radius 2 is 1.81 bits per heavy atom. The zero-order valence-corrected chi connectivity index (χ0v) is 21.6. The van der Waals surface area contributed by atoms with Crippen LogP contribution in [0.15, 0.2) is 48.5 Å². The van der Waals surface area contributed by atoms with Crippen LogP contribution in [0, 0.1) is 5.92 Å². The molecular formula is C28H34N4O4. The average Bonchev–Trinajstić information content (AvgIpc) is 3.14. The summed E-state index contributed by atoms with van der Waals surface area (Å²) in [5.41, 5.74) is 1.25. The van der Waals surface area contributed by atoms with Gasteiger partial charge in [0.15, 0.2) is 0 Å². The van der Waals surface area contributed by atoms with E-state index in [9.17, 15) is 14.4 Å². The Kier molecular flexibility index (Phi) is 7.06. The smallest absolute Gasteiger partial charge is 0.273 e. The molecule has 1 atom stereocenters. The lowest BCUT2D eigenvalue weighted by molar-refractivity contribution is -0.133. The van der Waals surface area contributed by atoms with Crippen molar-refractivity contribution in [3.05, 3.63) is 59.8 Å². The van der Waals surface area contributed by atoms with E-state index in [0.29, 0.717) is 29.6 Å². The first-order chi connectivity index (χ1) is 17.2. The van der Waals surface area contributed by atoms with E-state index in [4.69, 9.17) is 4.74 Å². The third-order valence-electron chi connectivity index (χ3n) is 6.80. The quantitative estimate of drug-likeness (QED) is 0.495. The molecule has 2 aromatic carbocycles. The van der Waals surface area contributed by atoms with E-state index in [1.54, 1.807) is 18.9 Å². The van der Waals surface area contributed by atoms with Gasteiger partial charge in [-0.25, -0.2) is 0 Å². The maximum absolute atomic E-state index is 14.2. The molecule has 2 heterocycles. The molecule has 190 valence electrons. The number of hydrogen-bond acceptors (Lipinski definition) is 4. The van der Waals surface area contributed by atoms with Gasteiger partial charge in [0.1, 0.15) is 17.0 Å². The number of methoxy groups -OCH3 is 1. The van der Waals surface area contributed by atoms with Crippen LogP contribution < -0.4 is 15.4 Å². The number of para-hydroxylation sites is 2. The molecule has 1 unspecified atom stereocenters. The van der Waals surface area contributed by atoms with Gasteiger partial charge in [0.2, 0.25) is 11.8 Å². The van der Waals surface area contributed by atoms with E-state index in [0.717, 1.165) is 22.9 Å². The average molecular weight is 491 g/mol. The molecule has 3 aromatic rings. The Balaban J connectivity index is 1.86. The number of aromatic nitrogens is 1. The molecule has 0 radical (unpaired) electrons. The molecule has 36 heavy (non-hydrogen) atoms. The topological polar surface area (TPSA) is 92.7 Å². The Bertz CT molecular complexity index is 1310. The maximum atomic E-state index is 14.2. The third kappa shape index (κ3) is 4.55. The van der Waals surface area contributed by atoms with Crippen LogP contribution in [0.25, 0.3) is 10.9 Å². The fraction of sp³-hybridized carbons (Fsp3) is 0.393. The van der Waals surface area contributed by atoms with Crippen molar-refractivity contribution >= 4 is 34.3 Å². The monoisotopic (exact) mass is 490 g/mol. The number of hydrogen-bond donors (Lipinski definition) is 2. The molecule has 2 N–H and O–H groups in total. The summed E-state index contributed by atoms with van der Waals surface area (Å²) in [5, 5.41) is 6.69. The van der Waals surface area contributed by atoms with Gasteiger partial charge in [-0.3, -0.25) is 14.4 Å². The van der Waals surface area contributed by atoms with Crippen molar-refractivity contribution in [1.29, 1.82) is 0 Å². The molecule has 0 fully saturated rings. The molecule has 1 aliphatic heterocycles. The van der Waals surface area contributed by atoms with E-state index >= 15 is 0 Å². The lowest BCUT2D eigenvalue weighted by atomic mass is 9.93. The maximum Gasteiger partial charge on any atom is 0.273 e. The summed E-state index contributed by atoms with van der Waals surface area (Å²) in [7, 11) is 1.58. The Morgan fingerprint density at radius 3 is 2.50 bits per heavy atom. The van der Waals surface area contributed by atoms with Crippen LogP contribution in [0.1, 0.15) is 50.2 Å². The first-order valence-corrected chi connectivity index (χ1v) is 12.3. The molecule has 8 heteroatoms. The number of benzene rings is 2. The fourth-order valence-electron chi connectivity index (χ4n) is 4.85. The van der Waals surface area contributed by atoms with Gasteiger partial charge in [-0.05, 0) is 31.4 Å². The van der Waals surface area contributed by atoms with Crippen molar-refractivity contribution in [2.75, 3.05) is 19.0 Å². The zero-order valence-electron chi connectivity index (χ0n) is 21.6. The predicted molar refractivity (Wildman–Crippen MR) is 140 cm³/mol. The summed E-state index contributed by atoms with van der Waals surface area (Å²) in [6.45, 7) is 8.39. The first-order valence-electron chi connectivity index (χ1n) is 12.3. The molecule has 0 bridgehead atoms. The van der Waals surface area contributed by atoms with Crippen LogP contribution in [0.4, 0.5) is 5.69 Å². The number of rotatable bonds is 8. The summed E-state index contributed by atoms with van der Waals surface area (Å²) in [4.78, 5) is 41.6. The summed E-state index contributed by atoms with van der Waals surface area (Å²) < 4.78 is 7.40. The minimum Gasteiger partial charge on any atom is -0.496 e. The number of carbonyl (C=O) groups excluding carboxylic acids is 3. The number of anilines is 1. The van der Waals surface area contributed by atoms with Crippen LogP contribution in [-0.4, -0.2) is 46.4 Å². The van der Waals surface area contributed by atoms with Crippen LogP contribution in [0.2, 0.25) is 0 Å². The van der Waals surface area contributed by atoms with E-state index in [1.165, 1.54) is 6.92 Å². The number of nitrogens with one attached hydrogen (secondary N) is 2. The van der Waals surface area contributed by atoms with Crippen molar-refractivity contribution in [2.45, 2.75) is 52.7 Å². The molecular weight excluding hydrogens is 456 g/mol. The predicted octanol–water partition coefficient (Wildman–Crippen LogP) is 4.19. The second-order valence-corrected chi connectivity index (χ2v) is 9.92. The molecule has 8 nitrogen and oxygen atoms in total. The molecule has 0 spiro atoms. The highest BCUT2D eigenvalue weighted by atomic mass is 16.5. The van der Waals surface area contributed by atoms with Crippen molar-refractivity contribution in [2.24, 2.45) is 5.92 Å². The number of ether oxygens (including phenoxy) is 1. The normalized spacial score (nSPS) is 17.3. The summed E-state index contributed by atoms with van der Waals surface area (Å²) in [6.07, 6.45) is 0.840. The fourth-order valence-corrected chi connectivity index (χ4v) is 4.85. The van der Waals surface area contributed by atoms with E-state index in [2.05, 4.69) is 24.5 Å².